The quantitative estimate of drug-likeness (QED) is 0.913. The number of carbonyl (C=O) groups is 1. The van der Waals surface area contributed by atoms with E-state index in [9.17, 15) is 9.90 Å². The summed E-state index contributed by atoms with van der Waals surface area (Å²) in [6, 6.07) is 5.60. The molecule has 1 unspecified atom stereocenters. The summed E-state index contributed by atoms with van der Waals surface area (Å²) in [6.07, 6.45) is 2.45. The van der Waals surface area contributed by atoms with Crippen molar-refractivity contribution in [3.05, 3.63) is 35.7 Å². The van der Waals surface area contributed by atoms with Gasteiger partial charge in [0.15, 0.2) is 0 Å². The molecule has 3 rings (SSSR count). The Morgan fingerprint density at radius 1 is 1.48 bits per heavy atom. The number of aromatic nitrogens is 1. The van der Waals surface area contributed by atoms with E-state index in [-0.39, 0.29) is 18.6 Å². The zero-order valence-corrected chi connectivity index (χ0v) is 13.4. The topological polar surface area (TPSA) is 78.6 Å². The van der Waals surface area contributed by atoms with E-state index in [1.165, 1.54) is 0 Å². The van der Waals surface area contributed by atoms with E-state index in [4.69, 9.17) is 4.42 Å². The third-order valence-electron chi connectivity index (χ3n) is 4.18. The predicted molar refractivity (Wildman–Crippen MR) is 87.2 cm³/mol. The Morgan fingerprint density at radius 3 is 2.96 bits per heavy atom. The minimum Gasteiger partial charge on any atom is -0.444 e. The largest absolute Gasteiger partial charge is 0.444 e. The van der Waals surface area contributed by atoms with Gasteiger partial charge in [-0.3, -0.25) is 0 Å². The Bertz CT molecular complexity index is 711. The maximum Gasteiger partial charge on any atom is 0.321 e. The van der Waals surface area contributed by atoms with Gasteiger partial charge >= 0.3 is 6.03 Å². The molecule has 1 aromatic heterocycles. The number of oxazole rings is 1. The van der Waals surface area contributed by atoms with Crippen molar-refractivity contribution in [2.24, 2.45) is 5.92 Å². The number of urea groups is 1. The first-order chi connectivity index (χ1) is 11.1. The number of likely N-dealkylation sites (tertiary alicyclic amines) is 1. The molecule has 2 N–H and O–H groups in total. The van der Waals surface area contributed by atoms with Crippen LogP contribution in [0.4, 0.5) is 10.5 Å². The van der Waals surface area contributed by atoms with E-state index < -0.39 is 0 Å². The van der Waals surface area contributed by atoms with Crippen LogP contribution in [0.1, 0.15) is 17.7 Å². The van der Waals surface area contributed by atoms with Crippen LogP contribution in [-0.4, -0.2) is 40.7 Å². The maximum atomic E-state index is 12.4. The third kappa shape index (κ3) is 3.37. The Kier molecular flexibility index (Phi) is 4.34. The summed E-state index contributed by atoms with van der Waals surface area (Å²) >= 11 is 0. The molecule has 1 aliphatic heterocycles. The van der Waals surface area contributed by atoms with Gasteiger partial charge in [0.05, 0.1) is 5.69 Å². The first-order valence-corrected chi connectivity index (χ1v) is 7.76. The van der Waals surface area contributed by atoms with Gasteiger partial charge in [-0.2, -0.15) is 0 Å². The smallest absolute Gasteiger partial charge is 0.321 e. The van der Waals surface area contributed by atoms with Gasteiger partial charge in [0, 0.05) is 36.9 Å². The second kappa shape index (κ2) is 6.42. The molecule has 0 aliphatic carbocycles. The van der Waals surface area contributed by atoms with Gasteiger partial charge in [-0.25, -0.2) is 9.78 Å². The van der Waals surface area contributed by atoms with E-state index in [2.05, 4.69) is 10.3 Å². The number of aliphatic hydroxyl groups is 1. The first kappa shape index (κ1) is 15.6. The monoisotopic (exact) mass is 315 g/mol. The van der Waals surface area contributed by atoms with Crippen LogP contribution in [0.3, 0.4) is 0 Å². The summed E-state index contributed by atoms with van der Waals surface area (Å²) in [6.45, 7) is 5.21. The fourth-order valence-corrected chi connectivity index (χ4v) is 2.74. The van der Waals surface area contributed by atoms with Crippen molar-refractivity contribution in [1.82, 2.24) is 9.88 Å². The van der Waals surface area contributed by atoms with E-state index in [0.717, 1.165) is 28.9 Å². The highest BCUT2D eigenvalue weighted by Crippen LogP contribution is 2.26. The molecule has 6 nitrogen and oxygen atoms in total. The van der Waals surface area contributed by atoms with Gasteiger partial charge in [0.1, 0.15) is 6.26 Å². The van der Waals surface area contributed by atoms with Crippen LogP contribution in [0.25, 0.3) is 11.5 Å². The number of hydrogen-bond donors (Lipinski definition) is 2. The van der Waals surface area contributed by atoms with E-state index in [1.54, 1.807) is 11.2 Å². The maximum absolute atomic E-state index is 12.4. The van der Waals surface area contributed by atoms with Crippen LogP contribution in [0.2, 0.25) is 0 Å². The lowest BCUT2D eigenvalue weighted by Crippen LogP contribution is -2.33. The first-order valence-electron chi connectivity index (χ1n) is 7.76. The number of nitrogens with one attached hydrogen (secondary N) is 1. The summed E-state index contributed by atoms with van der Waals surface area (Å²) in [7, 11) is 0. The van der Waals surface area contributed by atoms with E-state index in [1.807, 2.05) is 32.0 Å². The number of anilines is 1. The molecule has 6 heteroatoms. The summed E-state index contributed by atoms with van der Waals surface area (Å²) in [5, 5.41) is 12.1. The minimum absolute atomic E-state index is 0.127. The molecule has 1 aromatic carbocycles. The summed E-state index contributed by atoms with van der Waals surface area (Å²) in [5.74, 6) is 0.725. The summed E-state index contributed by atoms with van der Waals surface area (Å²) in [5.41, 5.74) is 3.37. The molecule has 2 amide bonds. The number of hydrogen-bond acceptors (Lipinski definition) is 4. The fourth-order valence-electron chi connectivity index (χ4n) is 2.74. The van der Waals surface area contributed by atoms with Gasteiger partial charge in [-0.15, -0.1) is 0 Å². The van der Waals surface area contributed by atoms with Crippen molar-refractivity contribution in [3.63, 3.8) is 0 Å². The Balaban J connectivity index is 1.76. The number of amides is 2. The molecule has 0 bridgehead atoms. The molecule has 1 aliphatic rings. The number of carbonyl (C=O) groups excluding carboxylic acids is 1. The van der Waals surface area contributed by atoms with E-state index in [0.29, 0.717) is 19.0 Å². The van der Waals surface area contributed by atoms with Crippen LogP contribution in [0.5, 0.6) is 0 Å². The van der Waals surface area contributed by atoms with Gasteiger partial charge in [-0.1, -0.05) is 6.07 Å². The number of nitrogens with zero attached hydrogens (tertiary/aromatic N) is 2. The summed E-state index contributed by atoms with van der Waals surface area (Å²) in [4.78, 5) is 18.4. The molecule has 1 fully saturated rings. The van der Waals surface area contributed by atoms with Crippen LogP contribution >= 0.6 is 0 Å². The molecular weight excluding hydrogens is 294 g/mol. The van der Waals surface area contributed by atoms with Crippen LogP contribution in [0, 0.1) is 19.8 Å². The number of aryl methyl sites for hydroxylation is 2. The lowest BCUT2D eigenvalue weighted by Gasteiger charge is -2.18. The average molecular weight is 315 g/mol. The second-order valence-electron chi connectivity index (χ2n) is 6.04. The molecular formula is C17H21N3O3. The van der Waals surface area contributed by atoms with Crippen LogP contribution < -0.4 is 5.32 Å². The zero-order chi connectivity index (χ0) is 16.4. The highest BCUT2D eigenvalue weighted by atomic mass is 16.3. The number of aliphatic hydroxyl groups excluding tert-OH is 1. The molecule has 2 heterocycles. The highest BCUT2D eigenvalue weighted by molar-refractivity contribution is 5.91. The predicted octanol–water partition coefficient (Wildman–Crippen LogP) is 2.80. The Hall–Kier alpha value is -2.34. The van der Waals surface area contributed by atoms with Crippen molar-refractivity contribution in [1.29, 1.82) is 0 Å². The molecule has 0 radical (unpaired) electrons. The fraction of sp³-hybridized carbons (Fsp3) is 0.412. The molecule has 1 atom stereocenters. The lowest BCUT2D eigenvalue weighted by molar-refractivity contribution is 0.208. The Labute approximate surface area is 135 Å². The standard InChI is InChI=1S/C17H21N3O3/c1-11-3-4-14(16-18-12(2)10-23-16)7-15(11)19-17(22)20-6-5-13(8-20)9-21/h3-4,7,10,13,21H,5-6,8-9H2,1-2H3,(H,19,22). The van der Waals surface area contributed by atoms with Crippen molar-refractivity contribution in [2.75, 3.05) is 25.0 Å². The van der Waals surface area contributed by atoms with Crippen molar-refractivity contribution in [2.45, 2.75) is 20.3 Å². The second-order valence-corrected chi connectivity index (χ2v) is 6.04. The molecule has 2 aromatic rings. The van der Waals surface area contributed by atoms with Crippen LogP contribution in [-0.2, 0) is 0 Å². The zero-order valence-electron chi connectivity index (χ0n) is 13.4. The van der Waals surface area contributed by atoms with Crippen molar-refractivity contribution < 1.29 is 14.3 Å². The third-order valence-corrected chi connectivity index (χ3v) is 4.18. The van der Waals surface area contributed by atoms with E-state index >= 15 is 0 Å². The molecule has 0 saturated carbocycles. The van der Waals surface area contributed by atoms with Crippen LogP contribution in [0.15, 0.2) is 28.9 Å². The van der Waals surface area contributed by atoms with Crippen molar-refractivity contribution >= 4 is 11.7 Å². The highest BCUT2D eigenvalue weighted by Gasteiger charge is 2.25. The Morgan fingerprint density at radius 2 is 2.30 bits per heavy atom. The minimum atomic E-state index is -0.134. The molecule has 1 saturated heterocycles. The van der Waals surface area contributed by atoms with Gasteiger partial charge in [-0.05, 0) is 38.0 Å². The summed E-state index contributed by atoms with van der Waals surface area (Å²) < 4.78 is 5.42. The number of rotatable bonds is 3. The molecule has 23 heavy (non-hydrogen) atoms. The van der Waals surface area contributed by atoms with Gasteiger partial charge in [0.25, 0.3) is 0 Å². The molecule has 0 spiro atoms. The molecule has 122 valence electrons. The average Bonchev–Trinajstić information content (AvgIpc) is 3.18. The van der Waals surface area contributed by atoms with Crippen molar-refractivity contribution in [3.8, 4) is 11.5 Å². The van der Waals surface area contributed by atoms with Gasteiger partial charge < -0.3 is 19.7 Å². The van der Waals surface area contributed by atoms with Gasteiger partial charge in [0.2, 0.25) is 5.89 Å². The lowest BCUT2D eigenvalue weighted by atomic mass is 10.1. The SMILES string of the molecule is Cc1coc(-c2ccc(C)c(NC(=O)N3CCC(CO)C3)c2)n1. The normalized spacial score (nSPS) is 17.5. The number of benzene rings is 1.